The monoisotopic (exact) mass is 850 g/mol. The molecule has 5 aromatic rings. The van der Waals surface area contributed by atoms with Gasteiger partial charge in [-0.2, -0.15) is 0 Å². The number of nitrogens with one attached hydrogen (secondary N) is 1. The Hall–Kier alpha value is -6.49. The number of anilines is 1. The van der Waals surface area contributed by atoms with Gasteiger partial charge in [0.2, 0.25) is 17.7 Å². The summed E-state index contributed by atoms with van der Waals surface area (Å²) in [5.41, 5.74) is 1.02. The fraction of sp³-hybridized carbons (Fsp3) is 0.295. The molecule has 2 saturated heterocycles. The molecule has 15 nitrogen and oxygen atoms in total. The molecule has 0 radical (unpaired) electrons. The first-order valence-corrected chi connectivity index (χ1v) is 20.2. The molecule has 0 aliphatic carbocycles. The van der Waals surface area contributed by atoms with Crippen molar-refractivity contribution < 1.29 is 47.7 Å². The van der Waals surface area contributed by atoms with Crippen molar-refractivity contribution in [1.29, 1.82) is 0 Å². The highest BCUT2D eigenvalue weighted by molar-refractivity contribution is 6.35. The largest absolute Gasteiger partial charge is 0.508 e. The predicted molar refractivity (Wildman–Crippen MR) is 222 cm³/mol. The summed E-state index contributed by atoms with van der Waals surface area (Å²) in [6, 6.07) is 15.6. The SMILES string of the molecule is O=C1CCC(N2C(=O)c3ccc(OCCOCCOCC/C=C/C(=O)N4CCN(c5ncnc6c(F)c(-c7cc(O)cc8ccccc78)c(Cl)cc56)CC4)cc3C2=O)C(=O)N1. The lowest BCUT2D eigenvalue weighted by Gasteiger charge is -2.35. The molecule has 2 N–H and O–H groups in total. The van der Waals surface area contributed by atoms with Gasteiger partial charge in [-0.15, -0.1) is 0 Å². The Balaban J connectivity index is 0.741. The molecule has 3 aliphatic rings. The van der Waals surface area contributed by atoms with Gasteiger partial charge >= 0.3 is 0 Å². The van der Waals surface area contributed by atoms with Gasteiger partial charge in [0.15, 0.2) is 5.82 Å². The first-order valence-electron chi connectivity index (χ1n) is 19.8. The summed E-state index contributed by atoms with van der Waals surface area (Å²) in [6.45, 7) is 3.26. The van der Waals surface area contributed by atoms with E-state index in [0.717, 1.165) is 15.7 Å². The maximum atomic E-state index is 16.2. The Labute approximate surface area is 353 Å². The van der Waals surface area contributed by atoms with Gasteiger partial charge in [-0.25, -0.2) is 14.4 Å². The second-order valence-electron chi connectivity index (χ2n) is 14.6. The molecular weight excluding hydrogens is 811 g/mol. The van der Waals surface area contributed by atoms with Crippen molar-refractivity contribution in [2.75, 3.05) is 64.1 Å². The maximum absolute atomic E-state index is 16.2. The van der Waals surface area contributed by atoms with Gasteiger partial charge in [0, 0.05) is 43.5 Å². The van der Waals surface area contributed by atoms with E-state index in [1.807, 2.05) is 29.2 Å². The highest BCUT2D eigenvalue weighted by Crippen LogP contribution is 2.42. The number of piperidine rings is 1. The average molecular weight is 851 g/mol. The number of halogens is 2. The second kappa shape index (κ2) is 18.0. The normalized spacial score (nSPS) is 16.9. The zero-order chi connectivity index (χ0) is 42.6. The predicted octanol–water partition coefficient (Wildman–Crippen LogP) is 5.06. The number of nitrogens with zero attached hydrogens (tertiary/aromatic N) is 5. The van der Waals surface area contributed by atoms with Crippen LogP contribution in [-0.2, 0) is 23.9 Å². The average Bonchev–Trinajstić information content (AvgIpc) is 3.50. The number of phenolic OH excluding ortho intramolecular Hbond substituents is 1. The first kappa shape index (κ1) is 41.3. The van der Waals surface area contributed by atoms with Gasteiger partial charge in [-0.05, 0) is 71.7 Å². The second-order valence-corrected chi connectivity index (χ2v) is 15.0. The number of phenols is 1. The van der Waals surface area contributed by atoms with Crippen LogP contribution in [0.15, 0.2) is 79.1 Å². The third-order valence-corrected chi connectivity index (χ3v) is 11.1. The van der Waals surface area contributed by atoms with Gasteiger partial charge in [-0.1, -0.05) is 41.9 Å². The molecule has 0 bridgehead atoms. The van der Waals surface area contributed by atoms with Crippen LogP contribution in [0.4, 0.5) is 10.2 Å². The van der Waals surface area contributed by atoms with Crippen LogP contribution in [0, 0.1) is 5.82 Å². The number of benzene rings is 4. The molecule has 4 heterocycles. The minimum Gasteiger partial charge on any atom is -0.508 e. The molecule has 0 spiro atoms. The van der Waals surface area contributed by atoms with E-state index < -0.39 is 35.5 Å². The standard InChI is InChI=1S/C44H40ClFN6O9/c45-34-24-33-40(39(46)38(34)31-22-27(53)21-26-5-1-2-6-29(26)31)47-25-48-41(33)51-14-12-50(13-15-51)37(55)7-3-4-16-59-17-18-60-19-20-61-28-8-9-30-32(23-28)44(58)52(43(30)57)35-10-11-36(54)49-42(35)56/h1-3,5-9,21-25,35,53H,4,10-20H2,(H,49,54,56)/b7-3+. The van der Waals surface area contributed by atoms with Crippen molar-refractivity contribution in [1.82, 2.24) is 25.1 Å². The van der Waals surface area contributed by atoms with Crippen molar-refractivity contribution in [3.05, 3.63) is 101 Å². The molecule has 8 rings (SSSR count). The molecule has 5 amide bonds. The fourth-order valence-corrected chi connectivity index (χ4v) is 8.07. The smallest absolute Gasteiger partial charge is 0.262 e. The molecular formula is C44H40ClFN6O9. The summed E-state index contributed by atoms with van der Waals surface area (Å²) in [5.74, 6) is -2.16. The third-order valence-electron chi connectivity index (χ3n) is 10.8. The Morgan fingerprint density at radius 2 is 1.62 bits per heavy atom. The summed E-state index contributed by atoms with van der Waals surface area (Å²) in [5, 5.41) is 14.7. The number of rotatable bonds is 14. The molecule has 1 atom stereocenters. The van der Waals surface area contributed by atoms with Gasteiger partial charge < -0.3 is 29.1 Å². The Morgan fingerprint density at radius 3 is 2.43 bits per heavy atom. The number of amides is 5. The minimum absolute atomic E-state index is 0.00706. The lowest BCUT2D eigenvalue weighted by molar-refractivity contribution is -0.136. The van der Waals surface area contributed by atoms with Gasteiger partial charge in [0.05, 0.1) is 42.6 Å². The number of imide groups is 2. The van der Waals surface area contributed by atoms with Crippen LogP contribution in [0.3, 0.4) is 0 Å². The number of aromatic nitrogens is 2. The zero-order valence-electron chi connectivity index (χ0n) is 32.8. The fourth-order valence-electron chi connectivity index (χ4n) is 7.78. The van der Waals surface area contributed by atoms with Crippen LogP contribution in [-0.4, -0.2) is 120 Å². The summed E-state index contributed by atoms with van der Waals surface area (Å²) in [6.07, 6.45) is 5.26. The number of aromatic hydroxyl groups is 1. The van der Waals surface area contributed by atoms with Crippen LogP contribution in [0.1, 0.15) is 40.0 Å². The number of hydrogen-bond acceptors (Lipinski definition) is 12. The highest BCUT2D eigenvalue weighted by Gasteiger charge is 2.44. The van der Waals surface area contributed by atoms with E-state index in [4.69, 9.17) is 25.8 Å². The molecule has 61 heavy (non-hydrogen) atoms. The molecule has 3 aliphatic heterocycles. The Bertz CT molecular complexity index is 2600. The van der Waals surface area contributed by atoms with E-state index in [0.29, 0.717) is 74.9 Å². The topological polar surface area (TPSA) is 181 Å². The number of carbonyl (C=O) groups excluding carboxylic acids is 5. The lowest BCUT2D eigenvalue weighted by Crippen LogP contribution is -2.54. The van der Waals surface area contributed by atoms with Gasteiger partial charge in [-0.3, -0.25) is 34.2 Å². The van der Waals surface area contributed by atoms with Gasteiger partial charge in [0.1, 0.15) is 41.8 Å². The van der Waals surface area contributed by atoms with Crippen molar-refractivity contribution in [2.24, 2.45) is 0 Å². The summed E-state index contributed by atoms with van der Waals surface area (Å²) in [4.78, 5) is 75.9. The number of fused-ring (bicyclic) bond motifs is 3. The summed E-state index contributed by atoms with van der Waals surface area (Å²) in [7, 11) is 0. The van der Waals surface area contributed by atoms with E-state index >= 15 is 4.39 Å². The van der Waals surface area contributed by atoms with Crippen molar-refractivity contribution in [3.63, 3.8) is 0 Å². The number of carbonyl (C=O) groups is 5. The Kier molecular flexibility index (Phi) is 12.2. The molecule has 314 valence electrons. The van der Waals surface area contributed by atoms with E-state index in [-0.39, 0.29) is 64.9 Å². The van der Waals surface area contributed by atoms with E-state index in [1.165, 1.54) is 30.6 Å². The van der Waals surface area contributed by atoms with Crippen molar-refractivity contribution >= 4 is 68.6 Å². The van der Waals surface area contributed by atoms with Crippen molar-refractivity contribution in [3.8, 4) is 22.6 Å². The molecule has 2 fully saturated rings. The third kappa shape index (κ3) is 8.60. The van der Waals surface area contributed by atoms with Crippen molar-refractivity contribution in [2.45, 2.75) is 25.3 Å². The van der Waals surface area contributed by atoms with E-state index in [2.05, 4.69) is 15.3 Å². The van der Waals surface area contributed by atoms with Crippen LogP contribution >= 0.6 is 11.6 Å². The van der Waals surface area contributed by atoms with Crippen LogP contribution < -0.4 is 15.0 Å². The van der Waals surface area contributed by atoms with Crippen LogP contribution in [0.2, 0.25) is 5.02 Å². The van der Waals surface area contributed by atoms with Gasteiger partial charge in [0.25, 0.3) is 11.8 Å². The lowest BCUT2D eigenvalue weighted by atomic mass is 9.96. The number of hydrogen-bond donors (Lipinski definition) is 2. The number of piperazine rings is 1. The first-order chi connectivity index (χ1) is 29.6. The molecule has 17 heteroatoms. The highest BCUT2D eigenvalue weighted by atomic mass is 35.5. The maximum Gasteiger partial charge on any atom is 0.262 e. The quantitative estimate of drug-likeness (QED) is 0.0864. The molecule has 1 unspecified atom stereocenters. The number of ether oxygens (including phenoxy) is 3. The molecule has 0 saturated carbocycles. The Morgan fingerprint density at radius 1 is 0.869 bits per heavy atom. The van der Waals surface area contributed by atoms with Crippen LogP contribution in [0.25, 0.3) is 32.8 Å². The summed E-state index contributed by atoms with van der Waals surface area (Å²) >= 11 is 6.74. The molecule has 4 aromatic carbocycles. The van der Waals surface area contributed by atoms with E-state index in [9.17, 15) is 29.1 Å². The van der Waals surface area contributed by atoms with E-state index in [1.54, 1.807) is 29.2 Å². The zero-order valence-corrected chi connectivity index (χ0v) is 33.5. The molecule has 1 aromatic heterocycles. The minimum atomic E-state index is -1.04. The van der Waals surface area contributed by atoms with Crippen LogP contribution in [0.5, 0.6) is 11.5 Å². The summed E-state index contributed by atoms with van der Waals surface area (Å²) < 4.78 is 33.1.